The molecule has 0 saturated carbocycles. The Bertz CT molecular complexity index is 1390. The van der Waals surface area contributed by atoms with Crippen LogP contribution in [-0.4, -0.2) is 41.2 Å². The zero-order chi connectivity index (χ0) is 25.2. The first-order valence-corrected chi connectivity index (χ1v) is 12.4. The van der Waals surface area contributed by atoms with E-state index < -0.39 is 18.8 Å². The molecule has 0 amide bonds. The average molecular weight is 493 g/mol. The van der Waals surface area contributed by atoms with E-state index in [1.54, 1.807) is 38.3 Å². The Kier molecular flexibility index (Phi) is 6.76. The molecule has 1 N–H and O–H groups in total. The predicted molar refractivity (Wildman–Crippen MR) is 138 cm³/mol. The molecule has 5 rings (SSSR count). The lowest BCUT2D eigenvalue weighted by molar-refractivity contribution is 0.132. The lowest BCUT2D eigenvalue weighted by Gasteiger charge is -2.28. The maximum Gasteiger partial charge on any atom is 0.278 e. The number of alkyl halides is 2. The zero-order valence-corrected chi connectivity index (χ0v) is 20.5. The summed E-state index contributed by atoms with van der Waals surface area (Å²) in [5.41, 5.74) is 4.27. The maximum atomic E-state index is 13.9. The highest BCUT2D eigenvalue weighted by Crippen LogP contribution is 2.36. The first-order chi connectivity index (χ1) is 17.5. The molecule has 1 aliphatic heterocycles. The van der Waals surface area contributed by atoms with E-state index in [-0.39, 0.29) is 5.56 Å². The van der Waals surface area contributed by atoms with Gasteiger partial charge in [-0.3, -0.25) is 4.79 Å². The molecule has 2 aromatic heterocycles. The summed E-state index contributed by atoms with van der Waals surface area (Å²) in [5, 5.41) is 4.77. The van der Waals surface area contributed by atoms with Crippen molar-refractivity contribution in [3.05, 3.63) is 81.8 Å². The molecule has 2 aromatic carbocycles. The minimum absolute atomic E-state index is 0.306. The highest BCUT2D eigenvalue weighted by Gasteiger charge is 2.29. The van der Waals surface area contributed by atoms with Crippen molar-refractivity contribution in [2.45, 2.75) is 45.0 Å². The molecule has 1 aliphatic rings. The summed E-state index contributed by atoms with van der Waals surface area (Å²) < 4.78 is 34.1. The number of fused-ring (bicyclic) bond motifs is 1. The Morgan fingerprint density at radius 3 is 2.36 bits per heavy atom. The number of benzene rings is 2. The van der Waals surface area contributed by atoms with Crippen molar-refractivity contribution >= 4 is 11.3 Å². The van der Waals surface area contributed by atoms with Crippen LogP contribution in [0.25, 0.3) is 16.9 Å². The van der Waals surface area contributed by atoms with E-state index in [2.05, 4.69) is 9.88 Å². The van der Waals surface area contributed by atoms with Crippen LogP contribution in [-0.2, 0) is 0 Å². The van der Waals surface area contributed by atoms with Crippen molar-refractivity contribution in [1.29, 1.82) is 0 Å². The number of H-pyrrole nitrogens is 1. The molecule has 0 radical (unpaired) electrons. The van der Waals surface area contributed by atoms with Crippen LogP contribution in [0.15, 0.2) is 59.4 Å². The molecule has 188 valence electrons. The van der Waals surface area contributed by atoms with Crippen molar-refractivity contribution in [3.63, 3.8) is 0 Å². The molecule has 1 atom stereocenters. The number of aromatic nitrogens is 3. The van der Waals surface area contributed by atoms with E-state index in [9.17, 15) is 13.6 Å². The standard InChI is InChI=1S/C28H30F2N4O2/c1-18-24(22(17-23(29)30)19-11-13-21(36-2)14-12-19)28(35)34-27(31-18)26(33-15-7-4-8-16-33)25(32-34)20-9-5-3-6-10-20/h3,5-6,9-14,22-23,31H,4,7-8,15-17H2,1-2H3. The number of aromatic amines is 1. The number of nitrogens with zero attached hydrogens (tertiary/aromatic N) is 3. The van der Waals surface area contributed by atoms with Crippen LogP contribution in [0.4, 0.5) is 14.5 Å². The minimum Gasteiger partial charge on any atom is -0.497 e. The van der Waals surface area contributed by atoms with Crippen LogP contribution in [0, 0.1) is 6.92 Å². The van der Waals surface area contributed by atoms with E-state index in [4.69, 9.17) is 9.84 Å². The van der Waals surface area contributed by atoms with E-state index in [1.165, 1.54) is 10.9 Å². The van der Waals surface area contributed by atoms with Gasteiger partial charge in [0, 0.05) is 42.2 Å². The summed E-state index contributed by atoms with van der Waals surface area (Å²) in [4.78, 5) is 19.6. The molecule has 1 fully saturated rings. The van der Waals surface area contributed by atoms with E-state index in [0.29, 0.717) is 28.2 Å². The topological polar surface area (TPSA) is 62.6 Å². The Balaban J connectivity index is 1.72. The van der Waals surface area contributed by atoms with Crippen LogP contribution in [0.1, 0.15) is 48.4 Å². The van der Waals surface area contributed by atoms with E-state index in [1.807, 2.05) is 30.3 Å². The van der Waals surface area contributed by atoms with Gasteiger partial charge in [-0.15, -0.1) is 0 Å². The second-order valence-corrected chi connectivity index (χ2v) is 9.29. The van der Waals surface area contributed by atoms with Gasteiger partial charge in [0.2, 0.25) is 6.43 Å². The van der Waals surface area contributed by atoms with Crippen LogP contribution >= 0.6 is 0 Å². The van der Waals surface area contributed by atoms with Gasteiger partial charge in [0.25, 0.3) is 5.56 Å². The van der Waals surface area contributed by atoms with Gasteiger partial charge in [-0.25, -0.2) is 8.78 Å². The molecular weight excluding hydrogens is 462 g/mol. The molecule has 0 bridgehead atoms. The molecule has 1 saturated heterocycles. The maximum absolute atomic E-state index is 13.9. The van der Waals surface area contributed by atoms with Gasteiger partial charge in [-0.05, 0) is 43.9 Å². The van der Waals surface area contributed by atoms with Gasteiger partial charge >= 0.3 is 0 Å². The Labute approximate surface area is 208 Å². The number of hydrogen-bond donors (Lipinski definition) is 1. The molecule has 36 heavy (non-hydrogen) atoms. The van der Waals surface area contributed by atoms with E-state index in [0.717, 1.165) is 42.9 Å². The summed E-state index contributed by atoms with van der Waals surface area (Å²) in [6, 6.07) is 16.7. The van der Waals surface area contributed by atoms with Crippen molar-refractivity contribution in [1.82, 2.24) is 14.6 Å². The van der Waals surface area contributed by atoms with Crippen molar-refractivity contribution in [2.24, 2.45) is 0 Å². The van der Waals surface area contributed by atoms with Crippen molar-refractivity contribution < 1.29 is 13.5 Å². The number of halogens is 2. The van der Waals surface area contributed by atoms with Gasteiger partial charge in [0.1, 0.15) is 17.1 Å². The molecule has 6 nitrogen and oxygen atoms in total. The summed E-state index contributed by atoms with van der Waals surface area (Å²) in [6.45, 7) is 3.54. The molecule has 0 spiro atoms. The zero-order valence-electron chi connectivity index (χ0n) is 20.5. The molecule has 1 unspecified atom stereocenters. The van der Waals surface area contributed by atoms with Gasteiger partial charge < -0.3 is 14.6 Å². The number of methoxy groups -OCH3 is 1. The van der Waals surface area contributed by atoms with Gasteiger partial charge in [-0.2, -0.15) is 9.61 Å². The number of nitrogens with one attached hydrogen (secondary N) is 1. The first kappa shape index (κ1) is 24.0. The fourth-order valence-corrected chi connectivity index (χ4v) is 5.24. The van der Waals surface area contributed by atoms with Crippen molar-refractivity contribution in [2.75, 3.05) is 25.1 Å². The highest BCUT2D eigenvalue weighted by atomic mass is 19.3. The summed E-state index contributed by atoms with van der Waals surface area (Å²) >= 11 is 0. The van der Waals surface area contributed by atoms with Crippen LogP contribution in [0.3, 0.4) is 0 Å². The molecule has 0 aliphatic carbocycles. The lowest BCUT2D eigenvalue weighted by Crippen LogP contribution is -2.30. The van der Waals surface area contributed by atoms with Gasteiger partial charge in [-0.1, -0.05) is 42.5 Å². The van der Waals surface area contributed by atoms with Crippen molar-refractivity contribution in [3.8, 4) is 17.0 Å². The van der Waals surface area contributed by atoms with E-state index >= 15 is 0 Å². The molecule has 8 heteroatoms. The largest absolute Gasteiger partial charge is 0.497 e. The third-order valence-corrected chi connectivity index (χ3v) is 6.99. The highest BCUT2D eigenvalue weighted by molar-refractivity contribution is 5.86. The quantitative estimate of drug-likeness (QED) is 0.355. The molecular formula is C28H30F2N4O2. The second kappa shape index (κ2) is 10.1. The smallest absolute Gasteiger partial charge is 0.278 e. The summed E-state index contributed by atoms with van der Waals surface area (Å²) in [5.74, 6) is -0.159. The summed E-state index contributed by atoms with van der Waals surface area (Å²) in [6.07, 6.45) is 0.274. The Morgan fingerprint density at radius 1 is 1.03 bits per heavy atom. The van der Waals surface area contributed by atoms with Crippen LogP contribution < -0.4 is 15.2 Å². The number of piperidine rings is 1. The molecule has 3 heterocycles. The number of aryl methyl sites for hydroxylation is 1. The van der Waals surface area contributed by atoms with Gasteiger partial charge in [0.15, 0.2) is 5.65 Å². The molecule has 4 aromatic rings. The number of hydrogen-bond acceptors (Lipinski definition) is 4. The van der Waals surface area contributed by atoms with Crippen LogP contribution in [0.2, 0.25) is 0 Å². The summed E-state index contributed by atoms with van der Waals surface area (Å²) in [7, 11) is 1.55. The minimum atomic E-state index is -2.58. The average Bonchev–Trinajstić information content (AvgIpc) is 3.28. The normalized spacial score (nSPS) is 15.0. The SMILES string of the molecule is COc1ccc(C(CC(F)F)c2c(C)[nH]c3c(N4CCCCC4)c(-c4ccccc4)nn3c2=O)cc1. The number of anilines is 1. The fourth-order valence-electron chi connectivity index (χ4n) is 5.24. The lowest BCUT2D eigenvalue weighted by atomic mass is 9.88. The fraction of sp³-hybridized carbons (Fsp3) is 0.357. The Morgan fingerprint density at radius 2 is 1.72 bits per heavy atom. The monoisotopic (exact) mass is 492 g/mol. The second-order valence-electron chi connectivity index (χ2n) is 9.29. The number of ether oxygens (including phenoxy) is 1. The number of rotatable bonds is 7. The first-order valence-electron chi connectivity index (χ1n) is 12.4. The van der Waals surface area contributed by atoms with Gasteiger partial charge in [0.05, 0.1) is 7.11 Å². The van der Waals surface area contributed by atoms with Crippen LogP contribution in [0.5, 0.6) is 5.75 Å². The Hall–Kier alpha value is -3.68. The third kappa shape index (κ3) is 4.47. The predicted octanol–water partition coefficient (Wildman–Crippen LogP) is 5.78. The third-order valence-electron chi connectivity index (χ3n) is 6.99.